The third-order valence-corrected chi connectivity index (χ3v) is 4.66. The summed E-state index contributed by atoms with van der Waals surface area (Å²) in [4.78, 5) is 31.5. The normalized spacial score (nSPS) is 36.9. The average Bonchev–Trinajstić information content (AvgIpc) is 2.99. The predicted molar refractivity (Wildman–Crippen MR) is 84.7 cm³/mol. The van der Waals surface area contributed by atoms with Crippen molar-refractivity contribution >= 4 is 38.3 Å². The van der Waals surface area contributed by atoms with E-state index in [0.717, 1.165) is 0 Å². The molecule has 0 aromatic heterocycles. The van der Waals surface area contributed by atoms with Crippen LogP contribution in [0.5, 0.6) is 0 Å². The van der Waals surface area contributed by atoms with E-state index in [0.29, 0.717) is 18.0 Å². The number of amidine groups is 1. The van der Waals surface area contributed by atoms with E-state index in [-0.39, 0.29) is 18.5 Å². The fraction of sp³-hybridized carbons (Fsp3) is 0.727. The van der Waals surface area contributed by atoms with Crippen LogP contribution < -0.4 is 0 Å². The van der Waals surface area contributed by atoms with Crippen LogP contribution in [0.1, 0.15) is 13.3 Å². The molecule has 0 amide bonds. The van der Waals surface area contributed by atoms with Gasteiger partial charge in [0, 0.05) is 5.25 Å². The molecule has 3 aliphatic rings. The smallest absolute Gasteiger partial charge is 0.364 e. The van der Waals surface area contributed by atoms with Crippen molar-refractivity contribution in [3.63, 3.8) is 0 Å². The van der Waals surface area contributed by atoms with E-state index < -0.39 is 25.9 Å². The average molecular weight is 364 g/mol. The molecular formula is C11H17N4O6PS. The Morgan fingerprint density at radius 1 is 1.61 bits per heavy atom. The van der Waals surface area contributed by atoms with Crippen molar-refractivity contribution in [3.05, 3.63) is 0 Å². The minimum Gasteiger partial charge on any atom is -0.364 e. The first kappa shape index (κ1) is 17.0. The summed E-state index contributed by atoms with van der Waals surface area (Å²) < 4.78 is 21.0. The molecule has 0 bridgehead atoms. The van der Waals surface area contributed by atoms with Crippen molar-refractivity contribution in [2.24, 2.45) is 15.0 Å². The Balaban J connectivity index is 1.68. The Kier molecular flexibility index (Phi) is 4.38. The molecule has 12 heteroatoms. The molecule has 0 aliphatic carbocycles. The lowest BCUT2D eigenvalue weighted by atomic mass is 10.1. The Morgan fingerprint density at radius 3 is 3.04 bits per heavy atom. The lowest BCUT2D eigenvalue weighted by Gasteiger charge is -2.30. The number of thiol groups is 1. The number of nitrogens with zero attached hydrogens (tertiary/aromatic N) is 4. The number of ether oxygens (including phenoxy) is 1. The van der Waals surface area contributed by atoms with Gasteiger partial charge < -0.3 is 24.5 Å². The predicted octanol–water partition coefficient (Wildman–Crippen LogP) is -0.628. The minimum absolute atomic E-state index is 0.221. The maximum absolute atomic E-state index is 10.8. The number of aliphatic imine (C=N–C) groups is 3. The summed E-state index contributed by atoms with van der Waals surface area (Å²) in [5, 5.41) is 9.97. The first-order chi connectivity index (χ1) is 10.7. The quantitative estimate of drug-likeness (QED) is 0.385. The molecule has 128 valence electrons. The van der Waals surface area contributed by atoms with Crippen molar-refractivity contribution in [3.8, 4) is 0 Å². The highest BCUT2D eigenvalue weighted by molar-refractivity contribution is 7.81. The van der Waals surface area contributed by atoms with E-state index >= 15 is 0 Å². The zero-order valence-electron chi connectivity index (χ0n) is 12.2. The molecule has 0 spiro atoms. The molecule has 3 N–H and O–H groups in total. The molecule has 23 heavy (non-hydrogen) atoms. The van der Waals surface area contributed by atoms with Crippen LogP contribution in [-0.2, 0) is 13.8 Å². The van der Waals surface area contributed by atoms with Gasteiger partial charge in [-0.15, -0.1) is 0 Å². The zero-order chi connectivity index (χ0) is 16.8. The van der Waals surface area contributed by atoms with Gasteiger partial charge in [0.05, 0.1) is 12.7 Å². The van der Waals surface area contributed by atoms with E-state index in [9.17, 15) is 9.67 Å². The van der Waals surface area contributed by atoms with E-state index in [4.69, 9.17) is 14.5 Å². The highest BCUT2D eigenvalue weighted by atomic mass is 32.1. The molecule has 1 unspecified atom stereocenters. The van der Waals surface area contributed by atoms with Crippen LogP contribution in [0.15, 0.2) is 15.0 Å². The molecule has 4 atom stereocenters. The maximum atomic E-state index is 10.8. The first-order valence-corrected chi connectivity index (χ1v) is 8.91. The van der Waals surface area contributed by atoms with Gasteiger partial charge in [0.25, 0.3) is 0 Å². The van der Waals surface area contributed by atoms with Gasteiger partial charge in [0.1, 0.15) is 24.9 Å². The summed E-state index contributed by atoms with van der Waals surface area (Å²) in [6.45, 7) is 1.53. The molecule has 0 aromatic carbocycles. The van der Waals surface area contributed by atoms with E-state index in [2.05, 4.69) is 32.1 Å². The zero-order valence-corrected chi connectivity index (χ0v) is 14.0. The third-order valence-electron chi connectivity index (χ3n) is 3.70. The first-order valence-electron chi connectivity index (χ1n) is 6.87. The summed E-state index contributed by atoms with van der Waals surface area (Å²) in [6, 6.07) is 0. The highest BCUT2D eigenvalue weighted by Gasteiger charge is 2.46. The van der Waals surface area contributed by atoms with Gasteiger partial charge in [-0.05, 0) is 13.3 Å². The summed E-state index contributed by atoms with van der Waals surface area (Å²) in [5.41, 5.74) is -1.07. The molecule has 10 nitrogen and oxygen atoms in total. The van der Waals surface area contributed by atoms with Crippen molar-refractivity contribution in [1.29, 1.82) is 0 Å². The maximum Gasteiger partial charge on any atom is 0.469 e. The number of phosphoric ester groups is 1. The summed E-state index contributed by atoms with van der Waals surface area (Å²) >= 11 is 4.47. The van der Waals surface area contributed by atoms with Gasteiger partial charge in [0.15, 0.2) is 5.84 Å². The number of hydrogen-bond donors (Lipinski definition) is 4. The largest absolute Gasteiger partial charge is 0.469 e. The van der Waals surface area contributed by atoms with Gasteiger partial charge in [0.2, 0.25) is 5.72 Å². The number of phosphoric acid groups is 1. The van der Waals surface area contributed by atoms with E-state index in [1.165, 1.54) is 13.3 Å². The number of hydrogen-bond acceptors (Lipinski definition) is 9. The minimum atomic E-state index is -4.54. The Morgan fingerprint density at radius 2 is 2.35 bits per heavy atom. The van der Waals surface area contributed by atoms with Gasteiger partial charge in [-0.1, -0.05) is 0 Å². The standard InChI is InChI=1S/C11H17N4O6PS/c1-11(16)8-9(12-4-14-11)15(5-13-8)10-7(23)2-6(21-10)3-20-22(17,18)19/h4,6-7,10,16,23H,2-3,5H2,1H3,(H2,17,18,19)/t6-,7+,10+,11?/m0/s1. The van der Waals surface area contributed by atoms with Crippen LogP contribution in [0.3, 0.4) is 0 Å². The Labute approximate surface area is 137 Å². The molecular weight excluding hydrogens is 347 g/mol. The lowest BCUT2D eigenvalue weighted by molar-refractivity contribution is -0.0375. The lowest BCUT2D eigenvalue weighted by Crippen LogP contribution is -2.49. The molecule has 3 heterocycles. The van der Waals surface area contributed by atoms with E-state index in [1.54, 1.807) is 4.90 Å². The van der Waals surface area contributed by atoms with Crippen LogP contribution in [0, 0.1) is 0 Å². The Bertz CT molecular complexity index is 632. The molecule has 1 fully saturated rings. The van der Waals surface area contributed by atoms with Crippen LogP contribution in [0.2, 0.25) is 0 Å². The fourth-order valence-electron chi connectivity index (χ4n) is 2.67. The second-order valence-electron chi connectivity index (χ2n) is 5.57. The number of aliphatic hydroxyl groups is 1. The molecule has 3 rings (SSSR count). The van der Waals surface area contributed by atoms with Crippen molar-refractivity contribution in [2.45, 2.75) is 36.7 Å². The molecule has 0 radical (unpaired) electrons. The van der Waals surface area contributed by atoms with Crippen LogP contribution >= 0.6 is 20.5 Å². The van der Waals surface area contributed by atoms with Crippen molar-refractivity contribution in [2.75, 3.05) is 13.3 Å². The summed E-state index contributed by atoms with van der Waals surface area (Å²) in [7, 11) is -4.54. The number of fused-ring (bicyclic) bond motifs is 1. The molecule has 0 saturated carbocycles. The Hall–Kier alpha value is -0.810. The third kappa shape index (κ3) is 3.50. The van der Waals surface area contributed by atoms with E-state index in [1.807, 2.05) is 0 Å². The second-order valence-corrected chi connectivity index (χ2v) is 7.48. The van der Waals surface area contributed by atoms with Gasteiger partial charge >= 0.3 is 7.82 Å². The number of rotatable bonds is 4. The van der Waals surface area contributed by atoms with Crippen LogP contribution in [-0.4, -0.2) is 74.3 Å². The second kappa shape index (κ2) is 5.92. The summed E-state index contributed by atoms with van der Waals surface area (Å²) in [6.07, 6.45) is 0.726. The molecule has 3 aliphatic heterocycles. The van der Waals surface area contributed by atoms with Gasteiger partial charge in [-0.25, -0.2) is 14.5 Å². The fourth-order valence-corrected chi connectivity index (χ4v) is 3.50. The van der Waals surface area contributed by atoms with Crippen LogP contribution in [0.4, 0.5) is 0 Å². The van der Waals surface area contributed by atoms with Gasteiger partial charge in [-0.3, -0.25) is 9.52 Å². The molecule has 1 saturated heterocycles. The van der Waals surface area contributed by atoms with Crippen molar-refractivity contribution in [1.82, 2.24) is 4.90 Å². The van der Waals surface area contributed by atoms with Crippen molar-refractivity contribution < 1.29 is 28.7 Å². The van der Waals surface area contributed by atoms with Gasteiger partial charge in [-0.2, -0.15) is 12.6 Å². The SMILES string of the molecule is CC1(O)N=CN=C2C1=NCN2[C@@H]1O[C@H](COP(=O)(O)O)C[C@H]1S. The molecule has 0 aromatic rings. The van der Waals surface area contributed by atoms with Crippen LogP contribution in [0.25, 0.3) is 0 Å². The monoisotopic (exact) mass is 364 g/mol. The highest BCUT2D eigenvalue weighted by Crippen LogP contribution is 2.38. The topological polar surface area (TPSA) is 137 Å². The summed E-state index contributed by atoms with van der Waals surface area (Å²) in [5.74, 6) is 0.464.